The molecule has 1 aromatic rings. The fourth-order valence-corrected chi connectivity index (χ4v) is 3.88. The number of ether oxygens (including phenoxy) is 2. The van der Waals surface area contributed by atoms with E-state index in [0.717, 1.165) is 18.4 Å². The van der Waals surface area contributed by atoms with E-state index < -0.39 is 0 Å². The van der Waals surface area contributed by atoms with E-state index in [4.69, 9.17) is 21.1 Å². The van der Waals surface area contributed by atoms with Crippen LogP contribution in [0.5, 0.6) is 5.75 Å². The number of hydrogen-bond donors (Lipinski definition) is 0. The van der Waals surface area contributed by atoms with Gasteiger partial charge in [0.1, 0.15) is 5.75 Å². The summed E-state index contributed by atoms with van der Waals surface area (Å²) in [7, 11) is 0. The molecule has 0 saturated heterocycles. The van der Waals surface area contributed by atoms with Crippen LogP contribution in [0.15, 0.2) is 12.1 Å². The lowest BCUT2D eigenvalue weighted by Crippen LogP contribution is -2.33. The normalized spacial score (nSPS) is 17.0. The Hall–Kier alpha value is -1.75. The molecule has 1 aromatic carbocycles. The van der Waals surface area contributed by atoms with Gasteiger partial charge in [0.05, 0.1) is 18.2 Å². The van der Waals surface area contributed by atoms with Gasteiger partial charge in [0.15, 0.2) is 0 Å². The van der Waals surface area contributed by atoms with Gasteiger partial charge in [0.2, 0.25) is 0 Å². The van der Waals surface area contributed by atoms with Gasteiger partial charge in [-0.15, -0.1) is 0 Å². The van der Waals surface area contributed by atoms with Crippen molar-refractivity contribution >= 4 is 23.5 Å². The van der Waals surface area contributed by atoms with Crippen LogP contribution >= 0.6 is 11.6 Å². The van der Waals surface area contributed by atoms with Crippen molar-refractivity contribution < 1.29 is 19.1 Å². The van der Waals surface area contributed by atoms with Crippen molar-refractivity contribution in [3.05, 3.63) is 28.3 Å². The number of hydrogen-bond acceptors (Lipinski definition) is 4. The third-order valence-corrected chi connectivity index (χ3v) is 5.30. The van der Waals surface area contributed by atoms with E-state index in [2.05, 4.69) is 0 Å². The molecule has 0 N–H and O–H groups in total. The monoisotopic (exact) mass is 365 g/mol. The predicted molar refractivity (Wildman–Crippen MR) is 94.9 cm³/mol. The first-order chi connectivity index (χ1) is 12.1. The summed E-state index contributed by atoms with van der Waals surface area (Å²) in [5, 5.41) is 0.516. The number of rotatable bonds is 7. The molecule has 1 aliphatic heterocycles. The molecule has 2 aliphatic rings. The number of nitrogens with zero attached hydrogens (tertiary/aromatic N) is 1. The first-order valence-corrected chi connectivity index (χ1v) is 9.40. The zero-order valence-corrected chi connectivity index (χ0v) is 15.3. The van der Waals surface area contributed by atoms with Gasteiger partial charge in [0, 0.05) is 30.1 Å². The molecular weight excluding hydrogens is 342 g/mol. The highest BCUT2D eigenvalue weighted by Crippen LogP contribution is 2.38. The summed E-state index contributed by atoms with van der Waals surface area (Å²) in [6.45, 7) is 3.13. The molecule has 1 heterocycles. The van der Waals surface area contributed by atoms with E-state index >= 15 is 0 Å². The molecule has 1 amide bonds. The van der Waals surface area contributed by atoms with Gasteiger partial charge in [-0.2, -0.15) is 0 Å². The molecular formula is C19H24ClNO4. The lowest BCUT2D eigenvalue weighted by atomic mass is 10.1. The molecule has 0 unspecified atom stereocenters. The number of halogens is 1. The van der Waals surface area contributed by atoms with Gasteiger partial charge in [-0.3, -0.25) is 9.59 Å². The van der Waals surface area contributed by atoms with Crippen LogP contribution in [0.1, 0.15) is 61.4 Å². The van der Waals surface area contributed by atoms with Crippen LogP contribution in [0.4, 0.5) is 0 Å². The van der Waals surface area contributed by atoms with Crippen molar-refractivity contribution in [2.24, 2.45) is 0 Å². The van der Waals surface area contributed by atoms with Gasteiger partial charge in [-0.1, -0.05) is 24.4 Å². The molecule has 0 radical (unpaired) electrons. The largest absolute Gasteiger partial charge is 0.492 e. The number of carbonyl (C=O) groups is 2. The Bertz CT molecular complexity index is 655. The maximum absolute atomic E-state index is 12.6. The van der Waals surface area contributed by atoms with Crippen molar-refractivity contribution in [3.8, 4) is 5.75 Å². The summed E-state index contributed by atoms with van der Waals surface area (Å²) >= 11 is 6.49. The number of fused-ring (bicyclic) bond motifs is 1. The fourth-order valence-electron chi connectivity index (χ4n) is 3.61. The van der Waals surface area contributed by atoms with Crippen LogP contribution in [-0.4, -0.2) is 36.0 Å². The highest BCUT2D eigenvalue weighted by molar-refractivity contribution is 6.33. The van der Waals surface area contributed by atoms with Gasteiger partial charge in [0.25, 0.3) is 5.91 Å². The Morgan fingerprint density at radius 2 is 2.08 bits per heavy atom. The maximum atomic E-state index is 12.6. The van der Waals surface area contributed by atoms with Crippen LogP contribution < -0.4 is 4.74 Å². The average molecular weight is 366 g/mol. The maximum Gasteiger partial charge on any atom is 0.305 e. The smallest absolute Gasteiger partial charge is 0.305 e. The van der Waals surface area contributed by atoms with Gasteiger partial charge < -0.3 is 14.4 Å². The van der Waals surface area contributed by atoms with E-state index in [9.17, 15) is 9.59 Å². The lowest BCUT2D eigenvalue weighted by Gasteiger charge is -2.23. The molecule has 1 fully saturated rings. The van der Waals surface area contributed by atoms with Crippen molar-refractivity contribution in [1.29, 1.82) is 0 Å². The van der Waals surface area contributed by atoms with Gasteiger partial charge >= 0.3 is 5.97 Å². The summed E-state index contributed by atoms with van der Waals surface area (Å²) in [5.74, 6) is 0.437. The minimum atomic E-state index is -0.219. The summed E-state index contributed by atoms with van der Waals surface area (Å²) in [6, 6.07) is 3.89. The van der Waals surface area contributed by atoms with E-state index in [1.165, 1.54) is 12.8 Å². The van der Waals surface area contributed by atoms with Gasteiger partial charge in [-0.25, -0.2) is 0 Å². The van der Waals surface area contributed by atoms with Crippen molar-refractivity contribution in [1.82, 2.24) is 4.90 Å². The molecule has 0 aromatic heterocycles. The third kappa shape index (κ3) is 3.92. The second-order valence-corrected chi connectivity index (χ2v) is 6.91. The van der Waals surface area contributed by atoms with E-state index in [1.54, 1.807) is 19.1 Å². The molecule has 0 atom stereocenters. The summed E-state index contributed by atoms with van der Waals surface area (Å²) < 4.78 is 10.6. The minimum Gasteiger partial charge on any atom is -0.492 e. The standard InChI is InChI=1S/C19H24ClNO4/c1-2-24-17(22)8-5-11-25-16-10-9-14-15(18(16)20)12-21(19(14)23)13-6-3-4-7-13/h9-10,13H,2-8,11-12H2,1H3. The number of amides is 1. The zero-order chi connectivity index (χ0) is 17.8. The Morgan fingerprint density at radius 3 is 2.80 bits per heavy atom. The first-order valence-electron chi connectivity index (χ1n) is 9.02. The van der Waals surface area contributed by atoms with E-state index in [0.29, 0.717) is 55.0 Å². The van der Waals surface area contributed by atoms with Crippen molar-refractivity contribution in [3.63, 3.8) is 0 Å². The quantitative estimate of drug-likeness (QED) is 0.542. The minimum absolute atomic E-state index is 0.0812. The highest BCUT2D eigenvalue weighted by Gasteiger charge is 2.35. The third-order valence-electron chi connectivity index (χ3n) is 4.88. The van der Waals surface area contributed by atoms with Crippen LogP contribution in [0, 0.1) is 0 Å². The number of esters is 1. The topological polar surface area (TPSA) is 55.8 Å². The number of carbonyl (C=O) groups excluding carboxylic acids is 2. The SMILES string of the molecule is CCOC(=O)CCCOc1ccc2c(c1Cl)CN(C1CCCC1)C2=O. The van der Waals surface area contributed by atoms with Crippen LogP contribution in [0.25, 0.3) is 0 Å². The van der Waals surface area contributed by atoms with Gasteiger partial charge in [-0.05, 0) is 38.3 Å². The molecule has 1 aliphatic carbocycles. The van der Waals surface area contributed by atoms with Crippen LogP contribution in [0.3, 0.4) is 0 Å². The number of benzene rings is 1. The summed E-state index contributed by atoms with van der Waals surface area (Å²) in [5.41, 5.74) is 1.55. The second kappa shape index (κ2) is 8.09. The molecule has 136 valence electrons. The average Bonchev–Trinajstić information content (AvgIpc) is 3.22. The Morgan fingerprint density at radius 1 is 1.32 bits per heavy atom. The Labute approximate surface area is 153 Å². The van der Waals surface area contributed by atoms with Crippen molar-refractivity contribution in [2.75, 3.05) is 13.2 Å². The molecule has 0 bridgehead atoms. The molecule has 0 spiro atoms. The predicted octanol–water partition coefficient (Wildman–Crippen LogP) is 3.96. The molecule has 3 rings (SSSR count). The van der Waals surface area contributed by atoms with E-state index in [1.807, 2.05) is 4.90 Å². The van der Waals surface area contributed by atoms with E-state index in [-0.39, 0.29) is 11.9 Å². The fraction of sp³-hybridized carbons (Fsp3) is 0.579. The molecule has 1 saturated carbocycles. The molecule has 25 heavy (non-hydrogen) atoms. The van der Waals surface area contributed by atoms with Crippen LogP contribution in [0.2, 0.25) is 5.02 Å². The second-order valence-electron chi connectivity index (χ2n) is 6.53. The van der Waals surface area contributed by atoms with Crippen LogP contribution in [-0.2, 0) is 16.1 Å². The lowest BCUT2D eigenvalue weighted by molar-refractivity contribution is -0.143. The Balaban J connectivity index is 1.61. The Kier molecular flexibility index (Phi) is 5.84. The van der Waals surface area contributed by atoms with Crippen molar-refractivity contribution in [2.45, 2.75) is 58.0 Å². The molecule has 6 heteroatoms. The zero-order valence-electron chi connectivity index (χ0n) is 14.6. The molecule has 5 nitrogen and oxygen atoms in total. The first kappa shape index (κ1) is 18.1. The highest BCUT2D eigenvalue weighted by atomic mass is 35.5. The summed E-state index contributed by atoms with van der Waals surface area (Å²) in [6.07, 6.45) is 5.42. The summed E-state index contributed by atoms with van der Waals surface area (Å²) in [4.78, 5) is 25.9.